The number of likely N-dealkylation sites (N-methyl/N-ethyl adjacent to an activating group) is 2. The van der Waals surface area contributed by atoms with E-state index in [0.29, 0.717) is 5.82 Å². The van der Waals surface area contributed by atoms with Crippen LogP contribution in [0.1, 0.15) is 25.1 Å². The third kappa shape index (κ3) is 7.18. The highest BCUT2D eigenvalue weighted by Crippen LogP contribution is 2.15. The Morgan fingerprint density at radius 1 is 0.968 bits per heavy atom. The van der Waals surface area contributed by atoms with Crippen molar-refractivity contribution >= 4 is 29.2 Å². The summed E-state index contributed by atoms with van der Waals surface area (Å²) >= 11 is 0. The lowest BCUT2D eigenvalue weighted by atomic mass is 10.1. The van der Waals surface area contributed by atoms with Gasteiger partial charge in [0.2, 0.25) is 17.7 Å². The van der Waals surface area contributed by atoms with Crippen LogP contribution in [0.4, 0.5) is 11.5 Å². The number of hydrogen-bond donors (Lipinski definition) is 2. The highest BCUT2D eigenvalue weighted by atomic mass is 16.2. The van der Waals surface area contributed by atoms with E-state index in [4.69, 9.17) is 0 Å². The number of anilines is 2. The van der Waals surface area contributed by atoms with Gasteiger partial charge in [-0.2, -0.15) is 0 Å². The van der Waals surface area contributed by atoms with Crippen LogP contribution in [0.2, 0.25) is 0 Å². The van der Waals surface area contributed by atoms with Crippen LogP contribution in [0.25, 0.3) is 0 Å². The van der Waals surface area contributed by atoms with Crippen molar-refractivity contribution in [2.75, 3.05) is 37.8 Å². The molecule has 1 atom stereocenters. The number of nitrogens with one attached hydrogen (secondary N) is 2. The van der Waals surface area contributed by atoms with E-state index in [-0.39, 0.29) is 30.8 Å². The summed E-state index contributed by atoms with van der Waals surface area (Å²) in [6, 6.07) is 12.4. The summed E-state index contributed by atoms with van der Waals surface area (Å²) in [4.78, 5) is 44.7. The first-order valence-electron chi connectivity index (χ1n) is 10.3. The molecule has 0 bridgehead atoms. The molecule has 8 nitrogen and oxygen atoms in total. The average Bonchev–Trinajstić information content (AvgIpc) is 2.72. The fourth-order valence-corrected chi connectivity index (χ4v) is 3.10. The van der Waals surface area contributed by atoms with Gasteiger partial charge in [-0.1, -0.05) is 31.2 Å². The molecule has 166 valence electrons. The molecule has 0 radical (unpaired) electrons. The quantitative estimate of drug-likeness (QED) is 0.643. The molecule has 2 rings (SSSR count). The average molecular weight is 426 g/mol. The molecular weight excluding hydrogens is 394 g/mol. The number of para-hydroxylation sites is 1. The van der Waals surface area contributed by atoms with E-state index in [1.54, 1.807) is 32.0 Å². The van der Waals surface area contributed by atoms with Crippen molar-refractivity contribution in [3.05, 3.63) is 53.7 Å². The molecule has 1 aromatic carbocycles. The smallest absolute Gasteiger partial charge is 0.243 e. The van der Waals surface area contributed by atoms with Crippen LogP contribution in [-0.2, 0) is 20.8 Å². The zero-order valence-electron chi connectivity index (χ0n) is 18.8. The van der Waals surface area contributed by atoms with Crippen LogP contribution in [0, 0.1) is 6.92 Å². The standard InChI is InChI=1S/C23H31N5O3/c1-6-18-11-7-8-12-19(18)25-21(29)15-28(5)23(31)17(3)27(4)14-22(30)26-20-13-9-10-16(2)24-20/h7-13,17H,6,14-15H2,1-5H3,(H,25,29)(H,24,26,30). The van der Waals surface area contributed by atoms with Crippen molar-refractivity contribution in [2.24, 2.45) is 0 Å². The van der Waals surface area contributed by atoms with Crippen molar-refractivity contribution in [1.82, 2.24) is 14.8 Å². The largest absolute Gasteiger partial charge is 0.335 e. The highest BCUT2D eigenvalue weighted by molar-refractivity contribution is 5.96. The lowest BCUT2D eigenvalue weighted by molar-refractivity contribution is -0.137. The number of pyridine rings is 1. The summed E-state index contributed by atoms with van der Waals surface area (Å²) in [5.74, 6) is -0.312. The first-order chi connectivity index (χ1) is 14.7. The molecule has 0 spiro atoms. The van der Waals surface area contributed by atoms with E-state index in [1.165, 1.54) is 4.90 Å². The zero-order valence-corrected chi connectivity index (χ0v) is 18.8. The fraction of sp³-hybridized carbons (Fsp3) is 0.391. The molecule has 31 heavy (non-hydrogen) atoms. The van der Waals surface area contributed by atoms with Crippen molar-refractivity contribution in [3.63, 3.8) is 0 Å². The van der Waals surface area contributed by atoms with E-state index < -0.39 is 6.04 Å². The summed E-state index contributed by atoms with van der Waals surface area (Å²) in [7, 11) is 3.27. The van der Waals surface area contributed by atoms with E-state index >= 15 is 0 Å². The molecule has 0 aliphatic heterocycles. The number of hydrogen-bond acceptors (Lipinski definition) is 5. The van der Waals surface area contributed by atoms with Gasteiger partial charge in [0.1, 0.15) is 5.82 Å². The van der Waals surface area contributed by atoms with Crippen LogP contribution in [0.3, 0.4) is 0 Å². The molecule has 1 aromatic heterocycles. The monoisotopic (exact) mass is 425 g/mol. The zero-order chi connectivity index (χ0) is 23.0. The van der Waals surface area contributed by atoms with E-state index in [1.807, 2.05) is 50.2 Å². The normalized spacial score (nSPS) is 11.7. The Balaban J connectivity index is 1.87. The van der Waals surface area contributed by atoms with Crippen LogP contribution in [-0.4, -0.2) is 65.7 Å². The summed E-state index contributed by atoms with van der Waals surface area (Å²) < 4.78 is 0. The molecular formula is C23H31N5O3. The third-order valence-electron chi connectivity index (χ3n) is 5.00. The number of aromatic nitrogens is 1. The predicted molar refractivity (Wildman–Crippen MR) is 122 cm³/mol. The van der Waals surface area contributed by atoms with Gasteiger partial charge in [-0.15, -0.1) is 0 Å². The van der Waals surface area contributed by atoms with Crippen LogP contribution in [0.5, 0.6) is 0 Å². The molecule has 0 fully saturated rings. The number of aryl methyl sites for hydroxylation is 2. The van der Waals surface area contributed by atoms with Gasteiger partial charge in [0, 0.05) is 18.4 Å². The molecule has 3 amide bonds. The Morgan fingerprint density at radius 3 is 2.32 bits per heavy atom. The van der Waals surface area contributed by atoms with E-state index in [2.05, 4.69) is 15.6 Å². The molecule has 0 saturated carbocycles. The van der Waals surface area contributed by atoms with Gasteiger partial charge in [0.15, 0.2) is 0 Å². The first-order valence-corrected chi connectivity index (χ1v) is 10.3. The molecule has 1 unspecified atom stereocenters. The summed E-state index contributed by atoms with van der Waals surface area (Å²) in [5.41, 5.74) is 2.59. The van der Waals surface area contributed by atoms with Crippen molar-refractivity contribution in [3.8, 4) is 0 Å². The SMILES string of the molecule is CCc1ccccc1NC(=O)CN(C)C(=O)C(C)N(C)CC(=O)Nc1cccc(C)n1. The van der Waals surface area contributed by atoms with Gasteiger partial charge in [-0.25, -0.2) is 4.98 Å². The van der Waals surface area contributed by atoms with Gasteiger partial charge in [-0.3, -0.25) is 19.3 Å². The maximum Gasteiger partial charge on any atom is 0.243 e. The topological polar surface area (TPSA) is 94.6 Å². The number of carbonyl (C=O) groups is 3. The van der Waals surface area contributed by atoms with Gasteiger partial charge < -0.3 is 15.5 Å². The minimum atomic E-state index is -0.572. The van der Waals surface area contributed by atoms with Gasteiger partial charge in [0.25, 0.3) is 0 Å². The van der Waals surface area contributed by atoms with Crippen molar-refractivity contribution in [1.29, 1.82) is 0 Å². The van der Waals surface area contributed by atoms with Crippen LogP contribution >= 0.6 is 0 Å². The molecule has 0 saturated heterocycles. The second-order valence-corrected chi connectivity index (χ2v) is 7.56. The number of carbonyl (C=O) groups excluding carboxylic acids is 3. The van der Waals surface area contributed by atoms with Gasteiger partial charge in [0.05, 0.1) is 19.1 Å². The Labute approximate surface area is 183 Å². The lowest BCUT2D eigenvalue weighted by Gasteiger charge is -2.27. The fourth-order valence-electron chi connectivity index (χ4n) is 3.10. The number of amides is 3. The summed E-state index contributed by atoms with van der Waals surface area (Å²) in [6.45, 7) is 5.51. The number of benzene rings is 1. The Hall–Kier alpha value is -3.26. The van der Waals surface area contributed by atoms with E-state index in [0.717, 1.165) is 23.4 Å². The first kappa shape index (κ1) is 24.0. The minimum absolute atomic E-state index is 0.0203. The molecule has 0 aliphatic rings. The van der Waals surface area contributed by atoms with Gasteiger partial charge in [-0.05, 0) is 51.1 Å². The van der Waals surface area contributed by atoms with Crippen molar-refractivity contribution < 1.29 is 14.4 Å². The van der Waals surface area contributed by atoms with Gasteiger partial charge >= 0.3 is 0 Å². The summed E-state index contributed by atoms with van der Waals surface area (Å²) in [5, 5.41) is 5.59. The number of nitrogens with zero attached hydrogens (tertiary/aromatic N) is 3. The number of rotatable bonds is 9. The second kappa shape index (κ2) is 11.2. The maximum atomic E-state index is 12.7. The summed E-state index contributed by atoms with van der Waals surface area (Å²) in [6.07, 6.45) is 0.799. The molecule has 1 heterocycles. The maximum absolute atomic E-state index is 12.7. The Bertz CT molecular complexity index is 931. The molecule has 2 aromatic rings. The Morgan fingerprint density at radius 2 is 1.65 bits per heavy atom. The Kier molecular flexibility index (Phi) is 8.69. The molecule has 8 heteroatoms. The molecule has 2 N–H and O–H groups in total. The second-order valence-electron chi connectivity index (χ2n) is 7.56. The third-order valence-corrected chi connectivity index (χ3v) is 5.00. The van der Waals surface area contributed by atoms with Crippen LogP contribution < -0.4 is 10.6 Å². The predicted octanol–water partition coefficient (Wildman–Crippen LogP) is 2.31. The minimum Gasteiger partial charge on any atom is -0.335 e. The van der Waals surface area contributed by atoms with Crippen molar-refractivity contribution in [2.45, 2.75) is 33.2 Å². The van der Waals surface area contributed by atoms with E-state index in [9.17, 15) is 14.4 Å². The highest BCUT2D eigenvalue weighted by Gasteiger charge is 2.24. The molecule has 0 aliphatic carbocycles. The lowest BCUT2D eigenvalue weighted by Crippen LogP contribution is -2.48. The van der Waals surface area contributed by atoms with Crippen LogP contribution in [0.15, 0.2) is 42.5 Å².